The van der Waals surface area contributed by atoms with Crippen molar-refractivity contribution in [3.63, 3.8) is 0 Å². The summed E-state index contributed by atoms with van der Waals surface area (Å²) < 4.78 is 27.7. The van der Waals surface area contributed by atoms with Crippen LogP contribution in [0.25, 0.3) is 0 Å². The van der Waals surface area contributed by atoms with Crippen LogP contribution in [0.5, 0.6) is 0 Å². The van der Waals surface area contributed by atoms with Crippen LogP contribution in [-0.4, -0.2) is 38.9 Å². The molecule has 0 N–H and O–H groups in total. The van der Waals surface area contributed by atoms with Crippen LogP contribution in [0.4, 0.5) is 5.69 Å². The molecule has 0 saturated carbocycles. The van der Waals surface area contributed by atoms with Crippen LogP contribution in [0.1, 0.15) is 16.7 Å². The van der Waals surface area contributed by atoms with Gasteiger partial charge in [-0.1, -0.05) is 29.3 Å². The van der Waals surface area contributed by atoms with Gasteiger partial charge in [0.05, 0.1) is 4.90 Å². The van der Waals surface area contributed by atoms with E-state index in [1.165, 1.54) is 0 Å². The monoisotopic (exact) mass is 412 g/mol. The largest absolute Gasteiger partial charge is 0.369 e. The average molecular weight is 413 g/mol. The topological polar surface area (TPSA) is 40.6 Å². The van der Waals surface area contributed by atoms with E-state index in [2.05, 4.69) is 4.90 Å². The summed E-state index contributed by atoms with van der Waals surface area (Å²) in [7, 11) is -3.53. The molecule has 0 unspecified atom stereocenters. The number of anilines is 1. The van der Waals surface area contributed by atoms with Crippen molar-refractivity contribution in [1.29, 1.82) is 0 Å². The van der Waals surface area contributed by atoms with Crippen molar-refractivity contribution in [3.8, 4) is 0 Å². The minimum absolute atomic E-state index is 0.340. The molecule has 0 radical (unpaired) electrons. The van der Waals surface area contributed by atoms with Gasteiger partial charge in [-0.3, -0.25) is 0 Å². The Morgan fingerprint density at radius 2 is 1.54 bits per heavy atom. The Balaban J connectivity index is 1.81. The molecule has 1 fully saturated rings. The molecule has 1 heterocycles. The minimum atomic E-state index is -3.53. The molecule has 2 aromatic carbocycles. The quantitative estimate of drug-likeness (QED) is 0.748. The molecule has 0 spiro atoms. The van der Waals surface area contributed by atoms with E-state index in [0.717, 1.165) is 21.8 Å². The zero-order valence-electron chi connectivity index (χ0n) is 15.1. The van der Waals surface area contributed by atoms with E-state index in [4.69, 9.17) is 23.2 Å². The summed E-state index contributed by atoms with van der Waals surface area (Å²) in [6.07, 6.45) is 0. The highest BCUT2D eigenvalue weighted by atomic mass is 35.5. The van der Waals surface area contributed by atoms with Crippen LogP contribution in [0.3, 0.4) is 0 Å². The fourth-order valence-electron chi connectivity index (χ4n) is 3.28. The molecule has 4 nitrogen and oxygen atoms in total. The van der Waals surface area contributed by atoms with E-state index in [0.29, 0.717) is 41.7 Å². The first kappa shape index (κ1) is 19.5. The Morgan fingerprint density at radius 3 is 2.19 bits per heavy atom. The van der Waals surface area contributed by atoms with E-state index < -0.39 is 10.0 Å². The Morgan fingerprint density at radius 1 is 0.885 bits per heavy atom. The van der Waals surface area contributed by atoms with Gasteiger partial charge < -0.3 is 4.90 Å². The smallest absolute Gasteiger partial charge is 0.243 e. The van der Waals surface area contributed by atoms with Crippen LogP contribution in [0, 0.1) is 20.8 Å². The summed E-state index contributed by atoms with van der Waals surface area (Å²) in [4.78, 5) is 2.53. The third-order valence-corrected chi connectivity index (χ3v) is 7.75. The first-order valence-corrected chi connectivity index (χ1v) is 10.7. The Bertz CT molecular complexity index is 937. The van der Waals surface area contributed by atoms with E-state index in [1.54, 1.807) is 23.4 Å². The molecule has 7 heteroatoms. The second kappa shape index (κ2) is 7.39. The molecule has 1 saturated heterocycles. The van der Waals surface area contributed by atoms with Gasteiger partial charge >= 0.3 is 0 Å². The number of aryl methyl sites for hydroxylation is 2. The maximum atomic E-state index is 13.1. The molecular formula is C19H22Cl2N2O2S. The highest BCUT2D eigenvalue weighted by molar-refractivity contribution is 7.89. The highest BCUT2D eigenvalue weighted by Gasteiger charge is 2.30. The molecule has 3 rings (SSSR count). The minimum Gasteiger partial charge on any atom is -0.369 e. The van der Waals surface area contributed by atoms with Gasteiger partial charge in [0.1, 0.15) is 0 Å². The van der Waals surface area contributed by atoms with Gasteiger partial charge in [0.2, 0.25) is 10.0 Å². The Kier molecular flexibility index (Phi) is 5.54. The summed E-state index contributed by atoms with van der Waals surface area (Å²) in [5.41, 5.74) is 3.53. The van der Waals surface area contributed by atoms with Crippen molar-refractivity contribution in [2.45, 2.75) is 25.7 Å². The Hall–Kier alpha value is -1.27. The molecule has 0 aromatic heterocycles. The summed E-state index contributed by atoms with van der Waals surface area (Å²) in [5, 5.41) is 1.31. The second-order valence-electron chi connectivity index (χ2n) is 6.64. The third-order valence-electron chi connectivity index (χ3n) is 4.89. The van der Waals surface area contributed by atoms with Gasteiger partial charge in [0.25, 0.3) is 0 Å². The van der Waals surface area contributed by atoms with Gasteiger partial charge in [-0.2, -0.15) is 4.31 Å². The number of hydrogen-bond acceptors (Lipinski definition) is 3. The lowest BCUT2D eigenvalue weighted by molar-refractivity contribution is 0.384. The summed E-state index contributed by atoms with van der Waals surface area (Å²) in [6, 6.07) is 9.20. The van der Waals surface area contributed by atoms with Crippen LogP contribution < -0.4 is 4.90 Å². The lowest BCUT2D eigenvalue weighted by Crippen LogP contribution is -2.49. The first-order chi connectivity index (χ1) is 12.2. The predicted octanol–water partition coefficient (Wildman–Crippen LogP) is 4.43. The zero-order valence-corrected chi connectivity index (χ0v) is 17.4. The summed E-state index contributed by atoms with van der Waals surface area (Å²) in [6.45, 7) is 7.73. The van der Waals surface area contributed by atoms with E-state index in [9.17, 15) is 8.42 Å². The highest BCUT2D eigenvalue weighted by Crippen LogP contribution is 2.30. The number of halogens is 2. The van der Waals surface area contributed by atoms with Gasteiger partial charge in [0.15, 0.2) is 0 Å². The molecule has 1 aliphatic rings. The second-order valence-corrected chi connectivity index (χ2v) is 9.36. The fraction of sp³-hybridized carbons (Fsp3) is 0.368. The summed E-state index contributed by atoms with van der Waals surface area (Å²) >= 11 is 12.3. The van der Waals surface area contributed by atoms with Gasteiger partial charge in [-0.25, -0.2) is 8.42 Å². The molecule has 2 aromatic rings. The van der Waals surface area contributed by atoms with Crippen LogP contribution in [0.15, 0.2) is 35.2 Å². The van der Waals surface area contributed by atoms with Gasteiger partial charge in [0, 0.05) is 41.9 Å². The van der Waals surface area contributed by atoms with Crippen molar-refractivity contribution in [3.05, 3.63) is 57.1 Å². The standard InChI is InChI=1S/C19H22Cl2N2O2S/c1-13-12-19(14(2)11-17(13)21)26(24,25)23-9-7-22(8-10-23)18-6-4-5-16(20)15(18)3/h4-6,11-12H,7-10H2,1-3H3. The lowest BCUT2D eigenvalue weighted by Gasteiger charge is -2.36. The van der Waals surface area contributed by atoms with E-state index >= 15 is 0 Å². The molecular weight excluding hydrogens is 391 g/mol. The number of benzene rings is 2. The lowest BCUT2D eigenvalue weighted by atomic mass is 10.1. The number of sulfonamides is 1. The molecule has 26 heavy (non-hydrogen) atoms. The van der Waals surface area contributed by atoms with E-state index in [1.807, 2.05) is 32.0 Å². The van der Waals surface area contributed by atoms with Crippen LogP contribution in [0.2, 0.25) is 10.0 Å². The Labute approximate surface area is 165 Å². The number of piperazine rings is 1. The van der Waals surface area contributed by atoms with Crippen LogP contribution >= 0.6 is 23.2 Å². The maximum Gasteiger partial charge on any atom is 0.243 e. The molecule has 0 bridgehead atoms. The number of rotatable bonds is 3. The van der Waals surface area contributed by atoms with Crippen molar-refractivity contribution in [1.82, 2.24) is 4.31 Å². The molecule has 140 valence electrons. The van der Waals surface area contributed by atoms with Gasteiger partial charge in [-0.05, 0) is 61.7 Å². The fourth-order valence-corrected chi connectivity index (χ4v) is 5.38. The SMILES string of the molecule is Cc1cc(S(=O)(=O)N2CCN(c3cccc(Cl)c3C)CC2)c(C)cc1Cl. The van der Waals surface area contributed by atoms with Crippen molar-refractivity contribution < 1.29 is 8.42 Å². The van der Waals surface area contributed by atoms with E-state index in [-0.39, 0.29) is 0 Å². The molecule has 0 amide bonds. The molecule has 0 aliphatic carbocycles. The van der Waals surface area contributed by atoms with Gasteiger partial charge in [-0.15, -0.1) is 0 Å². The van der Waals surface area contributed by atoms with Crippen molar-refractivity contribution in [2.24, 2.45) is 0 Å². The maximum absolute atomic E-state index is 13.1. The number of nitrogens with zero attached hydrogens (tertiary/aromatic N) is 2. The van der Waals surface area contributed by atoms with Crippen molar-refractivity contribution in [2.75, 3.05) is 31.1 Å². The summed E-state index contributed by atoms with van der Waals surface area (Å²) in [5.74, 6) is 0. The normalized spacial score (nSPS) is 16.1. The van der Waals surface area contributed by atoms with Crippen LogP contribution in [-0.2, 0) is 10.0 Å². The predicted molar refractivity (Wildman–Crippen MR) is 108 cm³/mol. The average Bonchev–Trinajstić information content (AvgIpc) is 2.60. The first-order valence-electron chi connectivity index (χ1n) is 8.49. The molecule has 1 aliphatic heterocycles. The zero-order chi connectivity index (χ0) is 19.1. The van der Waals surface area contributed by atoms with Crippen molar-refractivity contribution >= 4 is 38.9 Å². The number of hydrogen-bond donors (Lipinski definition) is 0. The third kappa shape index (κ3) is 3.58. The molecule has 0 atom stereocenters.